The Hall–Kier alpha value is -3.39. The van der Waals surface area contributed by atoms with Gasteiger partial charge in [-0.3, -0.25) is 24.3 Å². The lowest BCUT2D eigenvalue weighted by Crippen LogP contribution is -2.42. The summed E-state index contributed by atoms with van der Waals surface area (Å²) >= 11 is 1.68. The second-order valence-corrected chi connectivity index (χ2v) is 10.5. The van der Waals surface area contributed by atoms with Gasteiger partial charge >= 0.3 is 0 Å². The molecule has 180 valence electrons. The van der Waals surface area contributed by atoms with E-state index in [1.165, 1.54) is 21.9 Å². The van der Waals surface area contributed by atoms with E-state index in [-0.39, 0.29) is 37.1 Å². The number of carbonyl (C=O) groups is 3. The summed E-state index contributed by atoms with van der Waals surface area (Å²) in [4.78, 5) is 53.4. The van der Waals surface area contributed by atoms with E-state index in [0.29, 0.717) is 12.1 Å². The van der Waals surface area contributed by atoms with E-state index in [1.54, 1.807) is 47.8 Å². The van der Waals surface area contributed by atoms with Crippen LogP contribution in [0.25, 0.3) is 0 Å². The number of imide groups is 1. The van der Waals surface area contributed by atoms with E-state index in [9.17, 15) is 14.4 Å². The van der Waals surface area contributed by atoms with E-state index in [2.05, 4.69) is 4.98 Å². The fourth-order valence-corrected chi connectivity index (χ4v) is 6.22. The highest BCUT2D eigenvalue weighted by molar-refractivity contribution is 7.11. The Kier molecular flexibility index (Phi) is 6.47. The number of carbonyl (C=O) groups excluding carboxylic acids is 3. The first-order chi connectivity index (χ1) is 17.0. The second-order valence-electron chi connectivity index (χ2n) is 9.38. The molecule has 1 fully saturated rings. The Morgan fingerprint density at radius 1 is 1.09 bits per heavy atom. The third-order valence-corrected chi connectivity index (χ3v) is 8.11. The van der Waals surface area contributed by atoms with Gasteiger partial charge in [-0.25, -0.2) is 4.98 Å². The minimum absolute atomic E-state index is 0.0218. The molecule has 0 spiro atoms. The van der Waals surface area contributed by atoms with Crippen LogP contribution in [0.2, 0.25) is 0 Å². The number of thiazole rings is 1. The molecule has 1 aliphatic carbocycles. The minimum Gasteiger partial charge on any atom is -0.339 e. The third-order valence-electron chi connectivity index (χ3n) is 6.97. The van der Waals surface area contributed by atoms with Crippen LogP contribution in [0.4, 0.5) is 0 Å². The van der Waals surface area contributed by atoms with Crippen LogP contribution in [0.5, 0.6) is 0 Å². The quantitative estimate of drug-likeness (QED) is 0.474. The highest BCUT2D eigenvalue weighted by Crippen LogP contribution is 2.41. The molecule has 7 nitrogen and oxygen atoms in total. The molecule has 5 rings (SSSR count). The number of amides is 3. The standard InChI is InChI=1S/C27H28N4O3S/c1-30(18-23-29-21-9-5-6-10-22(21)35-23)24(32)15-27(20-7-3-2-4-8-20)16-25(33)31(26(27)34)17-19-11-13-28-14-12-19/h2-4,7-8,11-14H,5-6,9-10,15-18H2,1H3. The first-order valence-corrected chi connectivity index (χ1v) is 12.8. The van der Waals surface area contributed by atoms with Crippen molar-refractivity contribution in [3.8, 4) is 0 Å². The highest BCUT2D eigenvalue weighted by atomic mass is 32.1. The summed E-state index contributed by atoms with van der Waals surface area (Å²) in [5.74, 6) is -0.760. The summed E-state index contributed by atoms with van der Waals surface area (Å²) in [6.07, 6.45) is 7.61. The maximum Gasteiger partial charge on any atom is 0.241 e. The molecule has 0 bridgehead atoms. The lowest BCUT2D eigenvalue weighted by atomic mass is 9.75. The Balaban J connectivity index is 1.38. The van der Waals surface area contributed by atoms with Gasteiger partial charge in [-0.2, -0.15) is 0 Å². The van der Waals surface area contributed by atoms with Gasteiger partial charge < -0.3 is 4.90 Å². The third kappa shape index (κ3) is 4.62. The molecule has 3 amide bonds. The molecule has 0 N–H and O–H groups in total. The monoisotopic (exact) mass is 488 g/mol. The lowest BCUT2D eigenvalue weighted by molar-refractivity contribution is -0.143. The molecular formula is C27H28N4O3S. The summed E-state index contributed by atoms with van der Waals surface area (Å²) in [5.41, 5.74) is 1.48. The number of fused-ring (bicyclic) bond motifs is 1. The van der Waals surface area contributed by atoms with Gasteiger partial charge in [0.05, 0.1) is 24.2 Å². The van der Waals surface area contributed by atoms with Crippen molar-refractivity contribution in [1.82, 2.24) is 19.8 Å². The van der Waals surface area contributed by atoms with Gasteiger partial charge in [0.2, 0.25) is 17.7 Å². The van der Waals surface area contributed by atoms with E-state index in [4.69, 9.17) is 4.98 Å². The zero-order valence-electron chi connectivity index (χ0n) is 19.8. The highest BCUT2D eigenvalue weighted by Gasteiger charge is 2.53. The molecule has 0 saturated carbocycles. The maximum absolute atomic E-state index is 13.8. The Morgan fingerprint density at radius 2 is 1.83 bits per heavy atom. The Bertz CT molecular complexity index is 1220. The van der Waals surface area contributed by atoms with Crippen LogP contribution >= 0.6 is 11.3 Å². The van der Waals surface area contributed by atoms with Crippen LogP contribution in [0.15, 0.2) is 54.9 Å². The average Bonchev–Trinajstić information content (AvgIpc) is 3.39. The molecular weight excluding hydrogens is 460 g/mol. The Labute approximate surface area is 208 Å². The van der Waals surface area contributed by atoms with E-state index < -0.39 is 5.41 Å². The van der Waals surface area contributed by atoms with Crippen LogP contribution in [-0.2, 0) is 45.7 Å². The topological polar surface area (TPSA) is 83.5 Å². The predicted molar refractivity (Wildman–Crippen MR) is 132 cm³/mol. The van der Waals surface area contributed by atoms with Crippen molar-refractivity contribution in [1.29, 1.82) is 0 Å². The van der Waals surface area contributed by atoms with Crippen molar-refractivity contribution in [3.05, 3.63) is 81.6 Å². The summed E-state index contributed by atoms with van der Waals surface area (Å²) in [6, 6.07) is 12.8. The van der Waals surface area contributed by atoms with Gasteiger partial charge in [-0.05, 0) is 48.9 Å². The molecule has 3 heterocycles. The molecule has 1 unspecified atom stereocenters. The molecule has 1 aliphatic heterocycles. The number of benzene rings is 1. The zero-order valence-corrected chi connectivity index (χ0v) is 20.6. The Morgan fingerprint density at radius 3 is 2.57 bits per heavy atom. The van der Waals surface area contributed by atoms with Gasteiger partial charge in [0.25, 0.3) is 0 Å². The van der Waals surface area contributed by atoms with Gasteiger partial charge in [0.1, 0.15) is 5.01 Å². The summed E-state index contributed by atoms with van der Waals surface area (Å²) in [7, 11) is 1.75. The number of hydrogen-bond acceptors (Lipinski definition) is 6. The fourth-order valence-electron chi connectivity index (χ4n) is 5.01. The van der Waals surface area contributed by atoms with Crippen LogP contribution in [-0.4, -0.2) is 44.5 Å². The molecule has 8 heteroatoms. The molecule has 1 aromatic carbocycles. The molecule has 2 aliphatic rings. The summed E-state index contributed by atoms with van der Waals surface area (Å²) in [5, 5.41) is 0.926. The van der Waals surface area contributed by atoms with Crippen molar-refractivity contribution in [3.63, 3.8) is 0 Å². The molecule has 1 saturated heterocycles. The van der Waals surface area contributed by atoms with E-state index >= 15 is 0 Å². The van der Waals surface area contributed by atoms with Gasteiger partial charge in [0.15, 0.2) is 0 Å². The summed E-state index contributed by atoms with van der Waals surface area (Å²) in [6.45, 7) is 0.577. The van der Waals surface area contributed by atoms with Crippen molar-refractivity contribution < 1.29 is 14.4 Å². The van der Waals surface area contributed by atoms with E-state index in [1.807, 2.05) is 30.3 Å². The second kappa shape index (κ2) is 9.70. The average molecular weight is 489 g/mol. The lowest BCUT2D eigenvalue weighted by Gasteiger charge is -2.29. The number of rotatable bonds is 7. The predicted octanol–water partition coefficient (Wildman–Crippen LogP) is 3.66. The number of hydrogen-bond donors (Lipinski definition) is 0. The van der Waals surface area contributed by atoms with Crippen LogP contribution in [0.3, 0.4) is 0 Å². The van der Waals surface area contributed by atoms with E-state index in [0.717, 1.165) is 29.8 Å². The largest absolute Gasteiger partial charge is 0.339 e. The first-order valence-electron chi connectivity index (χ1n) is 12.0. The number of aryl methyl sites for hydroxylation is 2. The molecule has 3 aromatic rings. The zero-order chi connectivity index (χ0) is 24.4. The fraction of sp³-hybridized carbons (Fsp3) is 0.370. The number of likely N-dealkylation sites (tertiary alicyclic amines) is 1. The number of pyridine rings is 1. The van der Waals surface area contributed by atoms with Crippen molar-refractivity contribution in [2.75, 3.05) is 7.05 Å². The van der Waals surface area contributed by atoms with Gasteiger partial charge in [-0.1, -0.05) is 30.3 Å². The molecule has 0 radical (unpaired) electrons. The van der Waals surface area contributed by atoms with Crippen molar-refractivity contribution in [2.24, 2.45) is 0 Å². The van der Waals surface area contributed by atoms with Crippen LogP contribution in [0, 0.1) is 0 Å². The number of nitrogens with zero attached hydrogens (tertiary/aromatic N) is 4. The smallest absolute Gasteiger partial charge is 0.241 e. The first kappa shape index (κ1) is 23.4. The maximum atomic E-state index is 13.8. The molecule has 35 heavy (non-hydrogen) atoms. The normalized spacial score (nSPS) is 19.6. The van der Waals surface area contributed by atoms with Gasteiger partial charge in [0, 0.05) is 37.2 Å². The summed E-state index contributed by atoms with van der Waals surface area (Å²) < 4.78 is 0. The van der Waals surface area contributed by atoms with Gasteiger partial charge in [-0.15, -0.1) is 11.3 Å². The molecule has 1 atom stereocenters. The molecule has 2 aromatic heterocycles. The SMILES string of the molecule is CN(Cc1nc2c(s1)CCCC2)C(=O)CC1(c2ccccc2)CC(=O)N(Cc2ccncc2)C1=O. The van der Waals surface area contributed by atoms with Crippen LogP contribution in [0.1, 0.15) is 52.4 Å². The minimum atomic E-state index is -1.21. The van der Waals surface area contributed by atoms with Crippen molar-refractivity contribution in [2.45, 2.75) is 57.0 Å². The van der Waals surface area contributed by atoms with Crippen LogP contribution < -0.4 is 0 Å². The number of aromatic nitrogens is 2. The van der Waals surface area contributed by atoms with Crippen molar-refractivity contribution >= 4 is 29.1 Å².